The highest BCUT2D eigenvalue weighted by molar-refractivity contribution is 5.66. The van der Waals surface area contributed by atoms with Gasteiger partial charge in [-0.25, -0.2) is 0 Å². The van der Waals surface area contributed by atoms with Crippen LogP contribution in [0.4, 0.5) is 0 Å². The molecule has 3 aliphatic rings. The van der Waals surface area contributed by atoms with Gasteiger partial charge in [-0.2, -0.15) is 0 Å². The van der Waals surface area contributed by atoms with Crippen molar-refractivity contribution < 1.29 is 52.5 Å². The lowest BCUT2D eigenvalue weighted by atomic mass is 9.96. The molecule has 7 rings (SSSR count). The molecule has 52 heavy (non-hydrogen) atoms. The SMILES string of the molecule is CC(=O)O[C@@H]1[C@@H](O[C@H]2OC[C@@H](OCc3ccccc3)[C@H](OCc3ccccc3)[C@H]2OCc2ccccc2)[C@@H](O)O[C@@H]2COC(c3ccccc3)O[C@@H]12. The molecule has 0 amide bonds. The molecular weight excluding hydrogens is 668 g/mol. The van der Waals surface area contributed by atoms with E-state index in [1.807, 2.05) is 121 Å². The predicted molar refractivity (Wildman–Crippen MR) is 186 cm³/mol. The number of carbonyl (C=O) groups excluding carboxylic acids is 1. The van der Waals surface area contributed by atoms with Gasteiger partial charge in [0.1, 0.15) is 30.5 Å². The van der Waals surface area contributed by atoms with E-state index in [-0.39, 0.29) is 26.4 Å². The third-order valence-electron chi connectivity index (χ3n) is 9.23. The van der Waals surface area contributed by atoms with Crippen molar-refractivity contribution in [3.05, 3.63) is 144 Å². The van der Waals surface area contributed by atoms with Crippen LogP contribution in [-0.2, 0) is 67.2 Å². The Morgan fingerprint density at radius 3 is 1.75 bits per heavy atom. The van der Waals surface area contributed by atoms with Gasteiger partial charge in [0, 0.05) is 12.5 Å². The number of benzene rings is 4. The van der Waals surface area contributed by atoms with Gasteiger partial charge < -0.3 is 47.7 Å². The molecule has 274 valence electrons. The number of esters is 1. The van der Waals surface area contributed by atoms with Crippen molar-refractivity contribution in [2.45, 2.75) is 88.3 Å². The monoisotopic (exact) mass is 712 g/mol. The van der Waals surface area contributed by atoms with Crippen LogP contribution in [0, 0.1) is 0 Å². The van der Waals surface area contributed by atoms with Crippen molar-refractivity contribution in [2.75, 3.05) is 13.2 Å². The van der Waals surface area contributed by atoms with Crippen molar-refractivity contribution in [1.29, 1.82) is 0 Å². The maximum atomic E-state index is 12.5. The lowest BCUT2D eigenvalue weighted by molar-refractivity contribution is -0.386. The van der Waals surface area contributed by atoms with Crippen molar-refractivity contribution in [2.24, 2.45) is 0 Å². The minimum atomic E-state index is -1.51. The standard InChI is InChI=1S/C41H44O11/c1-27(42)49-36-35-33(26-47-40(51-35)31-20-12-5-13-21-31)50-39(43)37(36)52-41-38(46-24-30-18-10-4-11-19-30)34(45-23-29-16-8-3-9-17-29)32(25-48-41)44-22-28-14-6-2-7-15-28/h2-21,32-41,43H,22-26H2,1H3/t32-,33-,34+,35-,36+,37-,38-,39+,40?,41-/m1/s1. The summed E-state index contributed by atoms with van der Waals surface area (Å²) in [5.74, 6) is -0.572. The highest BCUT2D eigenvalue weighted by Crippen LogP contribution is 2.38. The van der Waals surface area contributed by atoms with E-state index >= 15 is 0 Å². The first-order valence-corrected chi connectivity index (χ1v) is 17.6. The first-order chi connectivity index (χ1) is 25.5. The molecule has 0 aliphatic carbocycles. The van der Waals surface area contributed by atoms with Crippen LogP contribution in [0.15, 0.2) is 121 Å². The van der Waals surface area contributed by atoms with E-state index in [9.17, 15) is 9.90 Å². The summed E-state index contributed by atoms with van der Waals surface area (Å²) < 4.78 is 56.8. The molecule has 4 aromatic rings. The topological polar surface area (TPSA) is 120 Å². The molecule has 0 radical (unpaired) electrons. The second kappa shape index (κ2) is 17.7. The van der Waals surface area contributed by atoms with Gasteiger partial charge in [0.15, 0.2) is 31.1 Å². The molecule has 3 fully saturated rings. The van der Waals surface area contributed by atoms with Crippen molar-refractivity contribution >= 4 is 5.97 Å². The van der Waals surface area contributed by atoms with Crippen LogP contribution in [0.2, 0.25) is 0 Å². The summed E-state index contributed by atoms with van der Waals surface area (Å²) in [6.45, 7) is 2.31. The molecule has 0 spiro atoms. The van der Waals surface area contributed by atoms with E-state index < -0.39 is 67.6 Å². The van der Waals surface area contributed by atoms with Gasteiger partial charge in [0.05, 0.1) is 33.0 Å². The van der Waals surface area contributed by atoms with Gasteiger partial charge in [0.25, 0.3) is 0 Å². The molecule has 1 unspecified atom stereocenters. The number of ether oxygens (including phenoxy) is 9. The Morgan fingerprint density at radius 2 is 1.17 bits per heavy atom. The largest absolute Gasteiger partial charge is 0.457 e. The van der Waals surface area contributed by atoms with E-state index in [4.69, 9.17) is 42.6 Å². The minimum Gasteiger partial charge on any atom is -0.457 e. The van der Waals surface area contributed by atoms with Crippen molar-refractivity contribution in [3.8, 4) is 0 Å². The highest BCUT2D eigenvalue weighted by Gasteiger charge is 2.54. The molecule has 1 N–H and O–H groups in total. The second-order valence-electron chi connectivity index (χ2n) is 13.0. The number of hydrogen-bond donors (Lipinski definition) is 1. The van der Waals surface area contributed by atoms with E-state index in [1.54, 1.807) is 0 Å². The van der Waals surface area contributed by atoms with E-state index in [1.165, 1.54) is 6.92 Å². The molecular formula is C41H44O11. The maximum Gasteiger partial charge on any atom is 0.303 e. The highest BCUT2D eigenvalue weighted by atomic mass is 16.8. The van der Waals surface area contributed by atoms with Gasteiger partial charge in [-0.3, -0.25) is 4.79 Å². The van der Waals surface area contributed by atoms with Crippen molar-refractivity contribution in [3.63, 3.8) is 0 Å². The number of aliphatic hydroxyl groups is 1. The third-order valence-corrected chi connectivity index (χ3v) is 9.23. The normalized spacial score (nSPS) is 30.3. The van der Waals surface area contributed by atoms with Gasteiger partial charge in [-0.05, 0) is 16.7 Å². The quantitative estimate of drug-likeness (QED) is 0.183. The number of fused-ring (bicyclic) bond motifs is 1. The summed E-state index contributed by atoms with van der Waals surface area (Å²) in [6, 6.07) is 38.9. The fourth-order valence-corrected chi connectivity index (χ4v) is 6.66. The summed E-state index contributed by atoms with van der Waals surface area (Å²) in [7, 11) is 0. The molecule has 11 heteroatoms. The number of aliphatic hydroxyl groups excluding tert-OH is 1. The van der Waals surface area contributed by atoms with Crippen LogP contribution in [0.5, 0.6) is 0 Å². The summed E-state index contributed by atoms with van der Waals surface area (Å²) in [5.41, 5.74) is 3.68. The fourth-order valence-electron chi connectivity index (χ4n) is 6.66. The third kappa shape index (κ3) is 9.13. The molecule has 10 atom stereocenters. The summed E-state index contributed by atoms with van der Waals surface area (Å²) >= 11 is 0. The van der Waals surface area contributed by atoms with Crippen LogP contribution in [0.1, 0.15) is 35.5 Å². The number of rotatable bonds is 13. The lowest BCUT2D eigenvalue weighted by Crippen LogP contribution is -2.65. The Bertz CT molecular complexity index is 1660. The molecule has 0 saturated carbocycles. The van der Waals surface area contributed by atoms with Crippen LogP contribution in [-0.4, -0.2) is 79.6 Å². The Balaban J connectivity index is 1.16. The Kier molecular flexibility index (Phi) is 12.4. The fraction of sp³-hybridized carbons (Fsp3) is 0.390. The second-order valence-corrected chi connectivity index (χ2v) is 13.0. The molecule has 3 heterocycles. The first kappa shape index (κ1) is 36.4. The average molecular weight is 713 g/mol. The van der Waals surface area contributed by atoms with E-state index in [0.717, 1.165) is 22.3 Å². The summed E-state index contributed by atoms with van der Waals surface area (Å²) in [6.07, 6.45) is -9.26. The van der Waals surface area contributed by atoms with Gasteiger partial charge in [-0.15, -0.1) is 0 Å². The van der Waals surface area contributed by atoms with Gasteiger partial charge in [0.2, 0.25) is 0 Å². The van der Waals surface area contributed by atoms with Crippen LogP contribution in [0.3, 0.4) is 0 Å². The van der Waals surface area contributed by atoms with Gasteiger partial charge >= 0.3 is 5.97 Å². The number of hydrogen-bond acceptors (Lipinski definition) is 11. The van der Waals surface area contributed by atoms with Crippen LogP contribution < -0.4 is 0 Å². The first-order valence-electron chi connectivity index (χ1n) is 17.6. The Morgan fingerprint density at radius 1 is 0.635 bits per heavy atom. The number of carbonyl (C=O) groups is 1. The zero-order chi connectivity index (χ0) is 35.7. The van der Waals surface area contributed by atoms with Gasteiger partial charge in [-0.1, -0.05) is 121 Å². The smallest absolute Gasteiger partial charge is 0.303 e. The summed E-state index contributed by atoms with van der Waals surface area (Å²) in [5, 5.41) is 11.4. The van der Waals surface area contributed by atoms with E-state index in [2.05, 4.69) is 0 Å². The van der Waals surface area contributed by atoms with Crippen LogP contribution >= 0.6 is 0 Å². The lowest BCUT2D eigenvalue weighted by Gasteiger charge is -2.49. The molecule has 3 aliphatic heterocycles. The zero-order valence-corrected chi connectivity index (χ0v) is 28.9. The maximum absolute atomic E-state index is 12.5. The molecule has 3 saturated heterocycles. The minimum absolute atomic E-state index is 0.0938. The Labute approximate surface area is 303 Å². The molecule has 11 nitrogen and oxygen atoms in total. The van der Waals surface area contributed by atoms with E-state index in [0.29, 0.717) is 6.61 Å². The zero-order valence-electron chi connectivity index (χ0n) is 28.9. The summed E-state index contributed by atoms with van der Waals surface area (Å²) in [4.78, 5) is 12.5. The average Bonchev–Trinajstić information content (AvgIpc) is 3.18. The predicted octanol–water partition coefficient (Wildman–Crippen LogP) is 5.25. The molecule has 4 aromatic carbocycles. The molecule has 0 aromatic heterocycles. The Hall–Kier alpha value is -4.01. The van der Waals surface area contributed by atoms with Crippen LogP contribution in [0.25, 0.3) is 0 Å². The molecule has 0 bridgehead atoms. The van der Waals surface area contributed by atoms with Crippen molar-refractivity contribution in [1.82, 2.24) is 0 Å².